The third kappa shape index (κ3) is 3.85. The van der Waals surface area contributed by atoms with E-state index in [0.29, 0.717) is 11.3 Å². The third-order valence-electron chi connectivity index (χ3n) is 4.15. The van der Waals surface area contributed by atoms with Crippen LogP contribution in [0.1, 0.15) is 37.5 Å². The van der Waals surface area contributed by atoms with Gasteiger partial charge in [-0.3, -0.25) is 20.4 Å². The van der Waals surface area contributed by atoms with Crippen molar-refractivity contribution in [3.05, 3.63) is 81.6 Å². The smallest absolute Gasteiger partial charge is 0.267 e. The molecule has 2 N–H and O–H groups in total. The van der Waals surface area contributed by atoms with Crippen LogP contribution in [-0.4, -0.2) is 21.6 Å². The SMILES string of the molecule is Cc1ccc(C(=O)NNC(=O)c2c(C)nn(-c3ccccc3)c2Cl)c(C)c1. The molecule has 2 aromatic carbocycles. The first-order valence-electron chi connectivity index (χ1n) is 8.37. The van der Waals surface area contributed by atoms with E-state index in [9.17, 15) is 9.59 Å². The number of rotatable bonds is 3. The number of carbonyl (C=O) groups is 2. The molecule has 27 heavy (non-hydrogen) atoms. The summed E-state index contributed by atoms with van der Waals surface area (Å²) in [5, 5.41) is 4.50. The summed E-state index contributed by atoms with van der Waals surface area (Å²) in [4.78, 5) is 24.9. The van der Waals surface area contributed by atoms with Crippen molar-refractivity contribution in [3.8, 4) is 5.69 Å². The summed E-state index contributed by atoms with van der Waals surface area (Å²) < 4.78 is 1.48. The van der Waals surface area contributed by atoms with Gasteiger partial charge in [-0.2, -0.15) is 5.10 Å². The standard InChI is InChI=1S/C20H19ClN4O2/c1-12-9-10-16(13(2)11-12)19(26)22-23-20(27)17-14(3)24-25(18(17)21)15-7-5-4-6-8-15/h4-11H,1-3H3,(H,22,26)(H,23,27). The number of amides is 2. The van der Waals surface area contributed by atoms with Crippen LogP contribution in [0.15, 0.2) is 48.5 Å². The Labute approximate surface area is 162 Å². The van der Waals surface area contributed by atoms with Crippen LogP contribution in [0.3, 0.4) is 0 Å². The molecule has 1 aromatic heterocycles. The topological polar surface area (TPSA) is 76.0 Å². The van der Waals surface area contributed by atoms with Gasteiger partial charge in [0.2, 0.25) is 0 Å². The lowest BCUT2D eigenvalue weighted by molar-refractivity contribution is 0.0846. The van der Waals surface area contributed by atoms with Crippen molar-refractivity contribution in [2.24, 2.45) is 0 Å². The summed E-state index contributed by atoms with van der Waals surface area (Å²) in [7, 11) is 0. The molecular formula is C20H19ClN4O2. The van der Waals surface area contributed by atoms with E-state index in [4.69, 9.17) is 11.6 Å². The fraction of sp³-hybridized carbons (Fsp3) is 0.150. The van der Waals surface area contributed by atoms with Gasteiger partial charge in [-0.15, -0.1) is 0 Å². The van der Waals surface area contributed by atoms with Gasteiger partial charge in [0.15, 0.2) is 0 Å². The Morgan fingerprint density at radius 2 is 1.63 bits per heavy atom. The number of hydrogen-bond acceptors (Lipinski definition) is 3. The van der Waals surface area contributed by atoms with Gasteiger partial charge in [-0.25, -0.2) is 4.68 Å². The average Bonchev–Trinajstić information content (AvgIpc) is 2.94. The summed E-state index contributed by atoms with van der Waals surface area (Å²) >= 11 is 6.36. The van der Waals surface area contributed by atoms with Gasteiger partial charge in [-0.05, 0) is 44.5 Å². The number of benzene rings is 2. The largest absolute Gasteiger partial charge is 0.274 e. The molecule has 0 radical (unpaired) electrons. The quantitative estimate of drug-likeness (QED) is 0.680. The second-order valence-electron chi connectivity index (χ2n) is 6.23. The highest BCUT2D eigenvalue weighted by atomic mass is 35.5. The van der Waals surface area contributed by atoms with Gasteiger partial charge >= 0.3 is 0 Å². The van der Waals surface area contributed by atoms with E-state index < -0.39 is 11.8 Å². The number of nitrogens with zero attached hydrogens (tertiary/aromatic N) is 2. The summed E-state index contributed by atoms with van der Waals surface area (Å²) in [6.07, 6.45) is 0. The van der Waals surface area contributed by atoms with Crippen LogP contribution in [0.4, 0.5) is 0 Å². The number of aromatic nitrogens is 2. The van der Waals surface area contributed by atoms with Crippen LogP contribution < -0.4 is 10.9 Å². The Morgan fingerprint density at radius 3 is 2.30 bits per heavy atom. The lowest BCUT2D eigenvalue weighted by Gasteiger charge is -2.10. The fourth-order valence-corrected chi connectivity index (χ4v) is 3.17. The zero-order valence-corrected chi connectivity index (χ0v) is 16.0. The molecule has 0 aliphatic heterocycles. The molecular weight excluding hydrogens is 364 g/mol. The van der Waals surface area contributed by atoms with Crippen molar-refractivity contribution in [2.75, 3.05) is 0 Å². The molecule has 138 valence electrons. The van der Waals surface area contributed by atoms with Gasteiger partial charge in [0.05, 0.1) is 11.4 Å². The monoisotopic (exact) mass is 382 g/mol. The fourth-order valence-electron chi connectivity index (χ4n) is 2.81. The lowest BCUT2D eigenvalue weighted by Crippen LogP contribution is -2.42. The molecule has 3 rings (SSSR count). The maximum absolute atomic E-state index is 12.5. The molecule has 0 bridgehead atoms. The highest BCUT2D eigenvalue weighted by Gasteiger charge is 2.21. The normalized spacial score (nSPS) is 10.5. The van der Waals surface area contributed by atoms with Crippen LogP contribution >= 0.6 is 11.6 Å². The van der Waals surface area contributed by atoms with Crippen molar-refractivity contribution in [3.63, 3.8) is 0 Å². The van der Waals surface area contributed by atoms with Gasteiger partial charge < -0.3 is 0 Å². The van der Waals surface area contributed by atoms with Crippen molar-refractivity contribution >= 4 is 23.4 Å². The van der Waals surface area contributed by atoms with E-state index in [1.54, 1.807) is 13.0 Å². The van der Waals surface area contributed by atoms with Crippen LogP contribution in [0, 0.1) is 20.8 Å². The molecule has 1 heterocycles. The Balaban J connectivity index is 1.77. The molecule has 2 amide bonds. The zero-order valence-electron chi connectivity index (χ0n) is 15.2. The van der Waals surface area contributed by atoms with Gasteiger partial charge in [0.25, 0.3) is 11.8 Å². The summed E-state index contributed by atoms with van der Waals surface area (Å²) in [5.74, 6) is -0.928. The number of aryl methyl sites for hydroxylation is 3. The maximum Gasteiger partial charge on any atom is 0.274 e. The second kappa shape index (κ2) is 7.63. The van der Waals surface area contributed by atoms with Crippen molar-refractivity contribution in [1.29, 1.82) is 0 Å². The van der Waals surface area contributed by atoms with Gasteiger partial charge in [-0.1, -0.05) is 47.5 Å². The molecule has 0 aliphatic rings. The van der Waals surface area contributed by atoms with Crippen molar-refractivity contribution < 1.29 is 9.59 Å². The molecule has 0 atom stereocenters. The summed E-state index contributed by atoms with van der Waals surface area (Å²) in [6, 6.07) is 14.7. The first kappa shape index (κ1) is 18.7. The molecule has 0 saturated carbocycles. The molecule has 0 aliphatic carbocycles. The van der Waals surface area contributed by atoms with Crippen molar-refractivity contribution in [1.82, 2.24) is 20.6 Å². The van der Waals surface area contributed by atoms with E-state index in [-0.39, 0.29) is 10.7 Å². The van der Waals surface area contributed by atoms with Crippen LogP contribution in [0.25, 0.3) is 5.69 Å². The minimum Gasteiger partial charge on any atom is -0.267 e. The predicted molar refractivity (Wildman–Crippen MR) is 104 cm³/mol. The number of carbonyl (C=O) groups excluding carboxylic acids is 2. The molecule has 3 aromatic rings. The number of nitrogens with one attached hydrogen (secondary N) is 2. The molecule has 7 heteroatoms. The lowest BCUT2D eigenvalue weighted by atomic mass is 10.1. The minimum atomic E-state index is -0.530. The molecule has 0 saturated heterocycles. The zero-order chi connectivity index (χ0) is 19.6. The van der Waals surface area contributed by atoms with Crippen LogP contribution in [0.5, 0.6) is 0 Å². The van der Waals surface area contributed by atoms with Crippen molar-refractivity contribution in [2.45, 2.75) is 20.8 Å². The van der Waals surface area contributed by atoms with E-state index in [2.05, 4.69) is 16.0 Å². The third-order valence-corrected chi connectivity index (χ3v) is 4.50. The molecule has 0 spiro atoms. The Morgan fingerprint density at radius 1 is 0.963 bits per heavy atom. The number of para-hydroxylation sites is 1. The predicted octanol–water partition coefficient (Wildman–Crippen LogP) is 3.53. The van der Waals surface area contributed by atoms with Crippen LogP contribution in [0.2, 0.25) is 5.15 Å². The molecule has 0 fully saturated rings. The number of halogens is 1. The van der Waals surface area contributed by atoms with E-state index in [1.807, 2.05) is 56.3 Å². The highest BCUT2D eigenvalue weighted by Crippen LogP contribution is 2.23. The average molecular weight is 383 g/mol. The first-order valence-corrected chi connectivity index (χ1v) is 8.74. The Bertz CT molecular complexity index is 1010. The van der Waals surface area contributed by atoms with E-state index in [0.717, 1.165) is 16.8 Å². The Kier molecular flexibility index (Phi) is 5.28. The number of hydrogen-bond donors (Lipinski definition) is 2. The maximum atomic E-state index is 12.5. The summed E-state index contributed by atoms with van der Waals surface area (Å²) in [5.41, 5.74) is 8.62. The van der Waals surface area contributed by atoms with Crippen LogP contribution in [-0.2, 0) is 0 Å². The number of hydrazine groups is 1. The van der Waals surface area contributed by atoms with E-state index >= 15 is 0 Å². The van der Waals surface area contributed by atoms with Gasteiger partial charge in [0.1, 0.15) is 10.7 Å². The first-order chi connectivity index (χ1) is 12.9. The highest BCUT2D eigenvalue weighted by molar-refractivity contribution is 6.33. The van der Waals surface area contributed by atoms with Gasteiger partial charge in [0, 0.05) is 5.56 Å². The minimum absolute atomic E-state index is 0.178. The van der Waals surface area contributed by atoms with E-state index in [1.165, 1.54) is 4.68 Å². The Hall–Kier alpha value is -3.12. The molecule has 6 nitrogen and oxygen atoms in total. The summed E-state index contributed by atoms with van der Waals surface area (Å²) in [6.45, 7) is 5.48. The second-order valence-corrected chi connectivity index (χ2v) is 6.58. The molecule has 0 unspecified atom stereocenters.